The van der Waals surface area contributed by atoms with Gasteiger partial charge in [-0.15, -0.1) is 0 Å². The van der Waals surface area contributed by atoms with Crippen LogP contribution < -0.4 is 11.1 Å². The molecule has 13 heavy (non-hydrogen) atoms. The molecule has 0 bridgehead atoms. The molecular formula is C9H21N3O. The molecule has 0 radical (unpaired) electrons. The van der Waals surface area contributed by atoms with Crippen molar-refractivity contribution in [2.75, 3.05) is 39.8 Å². The highest BCUT2D eigenvalue weighted by Gasteiger charge is 2.17. The molecule has 1 heterocycles. The lowest BCUT2D eigenvalue weighted by Crippen LogP contribution is -2.51. The van der Waals surface area contributed by atoms with Crippen LogP contribution in [0.2, 0.25) is 0 Å². The zero-order chi connectivity index (χ0) is 9.52. The molecule has 0 spiro atoms. The number of ether oxygens (including phenoxy) is 1. The number of methoxy groups -OCH3 is 1. The Kier molecular flexibility index (Phi) is 5.31. The minimum atomic E-state index is 0.214. The predicted octanol–water partition coefficient (Wildman–Crippen LogP) is -0.397. The molecule has 3 N–H and O–H groups in total. The number of piperazine rings is 1. The standard InChI is InChI=1S/C9H21N3O/c1-13-9-8-12(7-5-11-9)6-3-2-4-10/h9,11H,2-8,10H2,1H3. The maximum atomic E-state index is 5.44. The fourth-order valence-electron chi connectivity index (χ4n) is 1.61. The molecule has 1 aliphatic heterocycles. The highest BCUT2D eigenvalue weighted by atomic mass is 16.5. The zero-order valence-corrected chi connectivity index (χ0v) is 8.46. The van der Waals surface area contributed by atoms with Crippen LogP contribution in [0.15, 0.2) is 0 Å². The Bertz CT molecular complexity index is 132. The van der Waals surface area contributed by atoms with Crippen molar-refractivity contribution in [1.29, 1.82) is 0 Å². The minimum absolute atomic E-state index is 0.214. The molecule has 0 aliphatic carbocycles. The van der Waals surface area contributed by atoms with Gasteiger partial charge in [0, 0.05) is 26.7 Å². The van der Waals surface area contributed by atoms with Crippen LogP contribution in [0.3, 0.4) is 0 Å². The second-order valence-electron chi connectivity index (χ2n) is 3.47. The molecule has 4 heteroatoms. The summed E-state index contributed by atoms with van der Waals surface area (Å²) in [5.41, 5.74) is 5.44. The fourth-order valence-corrected chi connectivity index (χ4v) is 1.61. The Balaban J connectivity index is 2.11. The first kappa shape index (κ1) is 10.9. The van der Waals surface area contributed by atoms with Crippen LogP contribution in [-0.2, 0) is 4.74 Å². The van der Waals surface area contributed by atoms with Gasteiger partial charge < -0.3 is 10.5 Å². The lowest BCUT2D eigenvalue weighted by molar-refractivity contribution is 0.0158. The molecular weight excluding hydrogens is 166 g/mol. The van der Waals surface area contributed by atoms with E-state index < -0.39 is 0 Å². The van der Waals surface area contributed by atoms with E-state index in [1.807, 2.05) is 0 Å². The number of hydrogen-bond acceptors (Lipinski definition) is 4. The Morgan fingerprint density at radius 3 is 3.08 bits per heavy atom. The molecule has 0 saturated carbocycles. The average molecular weight is 187 g/mol. The van der Waals surface area contributed by atoms with Gasteiger partial charge in [0.15, 0.2) is 0 Å². The van der Waals surface area contributed by atoms with Crippen LogP contribution >= 0.6 is 0 Å². The first-order valence-corrected chi connectivity index (χ1v) is 5.05. The number of nitrogens with one attached hydrogen (secondary N) is 1. The molecule has 78 valence electrons. The Hall–Kier alpha value is -0.160. The zero-order valence-electron chi connectivity index (χ0n) is 8.46. The molecule has 1 aliphatic rings. The second kappa shape index (κ2) is 6.32. The normalized spacial score (nSPS) is 24.9. The number of nitrogens with two attached hydrogens (primary N) is 1. The van der Waals surface area contributed by atoms with Gasteiger partial charge in [-0.25, -0.2) is 0 Å². The lowest BCUT2D eigenvalue weighted by atomic mass is 10.2. The van der Waals surface area contributed by atoms with Gasteiger partial charge >= 0.3 is 0 Å². The summed E-state index contributed by atoms with van der Waals surface area (Å²) in [6.45, 7) is 5.12. The molecule has 1 fully saturated rings. The van der Waals surface area contributed by atoms with Gasteiger partial charge in [-0.1, -0.05) is 0 Å². The molecule has 0 aromatic heterocycles. The molecule has 1 rings (SSSR count). The Morgan fingerprint density at radius 2 is 2.38 bits per heavy atom. The van der Waals surface area contributed by atoms with E-state index in [2.05, 4.69) is 10.2 Å². The minimum Gasteiger partial charge on any atom is -0.365 e. The third-order valence-corrected chi connectivity index (χ3v) is 2.44. The monoisotopic (exact) mass is 187 g/mol. The highest BCUT2D eigenvalue weighted by Crippen LogP contribution is 2.01. The van der Waals surface area contributed by atoms with Crippen molar-refractivity contribution in [3.05, 3.63) is 0 Å². The van der Waals surface area contributed by atoms with Crippen molar-refractivity contribution >= 4 is 0 Å². The van der Waals surface area contributed by atoms with Crippen molar-refractivity contribution in [3.8, 4) is 0 Å². The average Bonchev–Trinajstić information content (AvgIpc) is 2.19. The first-order chi connectivity index (χ1) is 6.36. The van der Waals surface area contributed by atoms with E-state index in [4.69, 9.17) is 10.5 Å². The van der Waals surface area contributed by atoms with E-state index in [0.717, 1.165) is 39.1 Å². The quantitative estimate of drug-likeness (QED) is 0.575. The number of rotatable bonds is 5. The van der Waals surface area contributed by atoms with E-state index in [-0.39, 0.29) is 6.23 Å². The Labute approximate surface area is 80.4 Å². The van der Waals surface area contributed by atoms with Crippen LogP contribution in [0.5, 0.6) is 0 Å². The smallest absolute Gasteiger partial charge is 0.120 e. The van der Waals surface area contributed by atoms with Crippen molar-refractivity contribution < 1.29 is 4.74 Å². The van der Waals surface area contributed by atoms with Gasteiger partial charge in [-0.3, -0.25) is 10.2 Å². The molecule has 4 nitrogen and oxygen atoms in total. The van der Waals surface area contributed by atoms with E-state index in [9.17, 15) is 0 Å². The summed E-state index contributed by atoms with van der Waals surface area (Å²) in [7, 11) is 1.75. The van der Waals surface area contributed by atoms with Gasteiger partial charge in [0.05, 0.1) is 0 Å². The molecule has 1 unspecified atom stereocenters. The van der Waals surface area contributed by atoms with Crippen LogP contribution in [0, 0.1) is 0 Å². The fraction of sp³-hybridized carbons (Fsp3) is 1.00. The topological polar surface area (TPSA) is 50.5 Å². The van der Waals surface area contributed by atoms with Crippen molar-refractivity contribution in [1.82, 2.24) is 10.2 Å². The Morgan fingerprint density at radius 1 is 1.54 bits per heavy atom. The summed E-state index contributed by atoms with van der Waals surface area (Å²) in [5.74, 6) is 0. The van der Waals surface area contributed by atoms with E-state index in [1.54, 1.807) is 7.11 Å². The summed E-state index contributed by atoms with van der Waals surface area (Å²) < 4.78 is 5.25. The van der Waals surface area contributed by atoms with Crippen LogP contribution in [0.4, 0.5) is 0 Å². The van der Waals surface area contributed by atoms with Crippen molar-refractivity contribution in [2.45, 2.75) is 19.1 Å². The van der Waals surface area contributed by atoms with E-state index >= 15 is 0 Å². The third-order valence-electron chi connectivity index (χ3n) is 2.44. The summed E-state index contributed by atoms with van der Waals surface area (Å²) >= 11 is 0. The summed E-state index contributed by atoms with van der Waals surface area (Å²) in [6, 6.07) is 0. The van der Waals surface area contributed by atoms with Crippen molar-refractivity contribution in [3.63, 3.8) is 0 Å². The second-order valence-corrected chi connectivity index (χ2v) is 3.47. The SMILES string of the molecule is COC1CN(CCCCN)CCN1. The van der Waals surface area contributed by atoms with Gasteiger partial charge in [-0.2, -0.15) is 0 Å². The molecule has 1 atom stereocenters. The molecule has 0 aromatic carbocycles. The lowest BCUT2D eigenvalue weighted by Gasteiger charge is -2.32. The summed E-state index contributed by atoms with van der Waals surface area (Å²) in [4.78, 5) is 2.43. The van der Waals surface area contributed by atoms with Gasteiger partial charge in [0.2, 0.25) is 0 Å². The van der Waals surface area contributed by atoms with Crippen LogP contribution in [0.25, 0.3) is 0 Å². The van der Waals surface area contributed by atoms with Gasteiger partial charge in [0.1, 0.15) is 6.23 Å². The molecule has 0 aromatic rings. The van der Waals surface area contributed by atoms with Gasteiger partial charge in [-0.05, 0) is 25.9 Å². The van der Waals surface area contributed by atoms with Gasteiger partial charge in [0.25, 0.3) is 0 Å². The third kappa shape index (κ3) is 4.04. The summed E-state index contributed by atoms with van der Waals surface area (Å²) in [5, 5.41) is 3.30. The first-order valence-electron chi connectivity index (χ1n) is 5.05. The predicted molar refractivity (Wildman–Crippen MR) is 53.5 cm³/mol. The van der Waals surface area contributed by atoms with Crippen LogP contribution in [0.1, 0.15) is 12.8 Å². The maximum Gasteiger partial charge on any atom is 0.120 e. The van der Waals surface area contributed by atoms with Crippen LogP contribution in [-0.4, -0.2) is 51.0 Å². The molecule has 0 amide bonds. The number of nitrogens with zero attached hydrogens (tertiary/aromatic N) is 1. The number of hydrogen-bond donors (Lipinski definition) is 2. The largest absolute Gasteiger partial charge is 0.365 e. The van der Waals surface area contributed by atoms with E-state index in [1.165, 1.54) is 6.42 Å². The number of unbranched alkanes of at least 4 members (excludes halogenated alkanes) is 1. The van der Waals surface area contributed by atoms with Crippen molar-refractivity contribution in [2.24, 2.45) is 5.73 Å². The highest BCUT2D eigenvalue weighted by molar-refractivity contribution is 4.71. The maximum absolute atomic E-state index is 5.44. The molecule has 1 saturated heterocycles. The van der Waals surface area contributed by atoms with E-state index in [0.29, 0.717) is 0 Å². The summed E-state index contributed by atoms with van der Waals surface area (Å²) in [6.07, 6.45) is 2.54.